The second-order valence-electron chi connectivity index (χ2n) is 8.38. The highest BCUT2D eigenvalue weighted by molar-refractivity contribution is 6.07. The number of methoxy groups -OCH3 is 1. The molecule has 0 saturated heterocycles. The number of hydrogen-bond donors (Lipinski definition) is 0. The number of amides is 1. The van der Waals surface area contributed by atoms with Crippen molar-refractivity contribution in [3.05, 3.63) is 77.0 Å². The topological polar surface area (TPSA) is 68.5 Å². The first kappa shape index (κ1) is 20.2. The molecule has 0 aliphatic heterocycles. The summed E-state index contributed by atoms with van der Waals surface area (Å²) in [4.78, 5) is 20.5. The normalized spacial score (nSPS) is 13.3. The number of carbonyl (C=O) groups is 1. The Bertz CT molecular complexity index is 1270. The Kier molecular flexibility index (Phi) is 5.13. The Labute approximate surface area is 186 Å². The SMILES string of the molecule is COc1ccc(CN(C(=O)c2cc(-c3ccc(C)cc3)nc3onc(C)c23)C2CC2)cc1. The number of pyridine rings is 1. The number of nitrogens with zero attached hydrogens (tertiary/aromatic N) is 3. The van der Waals surface area contributed by atoms with Gasteiger partial charge in [0.15, 0.2) is 0 Å². The van der Waals surface area contributed by atoms with E-state index in [1.165, 1.54) is 5.56 Å². The lowest BCUT2D eigenvalue weighted by molar-refractivity contribution is 0.0732. The molecule has 6 nitrogen and oxygen atoms in total. The number of fused-ring (bicyclic) bond motifs is 1. The first-order valence-corrected chi connectivity index (χ1v) is 10.8. The molecule has 2 heterocycles. The fourth-order valence-corrected chi connectivity index (χ4v) is 3.97. The molecule has 1 aliphatic rings. The van der Waals surface area contributed by atoms with E-state index in [1.54, 1.807) is 7.11 Å². The average Bonchev–Trinajstić information content (AvgIpc) is 3.59. The van der Waals surface area contributed by atoms with Crippen LogP contribution in [0, 0.1) is 13.8 Å². The van der Waals surface area contributed by atoms with Crippen molar-refractivity contribution in [2.24, 2.45) is 0 Å². The van der Waals surface area contributed by atoms with Crippen LogP contribution >= 0.6 is 0 Å². The van der Waals surface area contributed by atoms with E-state index < -0.39 is 0 Å². The van der Waals surface area contributed by atoms with E-state index in [1.807, 2.05) is 73.3 Å². The molecule has 6 heteroatoms. The van der Waals surface area contributed by atoms with Gasteiger partial charge in [-0.2, -0.15) is 0 Å². The summed E-state index contributed by atoms with van der Waals surface area (Å²) in [6.45, 7) is 4.43. The van der Waals surface area contributed by atoms with E-state index in [0.29, 0.717) is 34.6 Å². The Morgan fingerprint density at radius 2 is 1.81 bits per heavy atom. The van der Waals surface area contributed by atoms with Gasteiger partial charge in [-0.25, -0.2) is 4.98 Å². The Balaban J connectivity index is 1.55. The van der Waals surface area contributed by atoms with Crippen LogP contribution in [0.5, 0.6) is 5.75 Å². The van der Waals surface area contributed by atoms with Gasteiger partial charge in [-0.3, -0.25) is 4.79 Å². The van der Waals surface area contributed by atoms with Crippen molar-refractivity contribution in [3.63, 3.8) is 0 Å². The van der Waals surface area contributed by atoms with E-state index in [2.05, 4.69) is 10.1 Å². The maximum Gasteiger partial charge on any atom is 0.259 e. The van der Waals surface area contributed by atoms with Gasteiger partial charge in [0.05, 0.1) is 29.4 Å². The minimum absolute atomic E-state index is 0.0182. The summed E-state index contributed by atoms with van der Waals surface area (Å²) in [7, 11) is 1.65. The van der Waals surface area contributed by atoms with Crippen LogP contribution < -0.4 is 4.74 Å². The van der Waals surface area contributed by atoms with Crippen LogP contribution in [0.3, 0.4) is 0 Å². The lowest BCUT2D eigenvalue weighted by Gasteiger charge is -2.23. The molecule has 32 heavy (non-hydrogen) atoms. The highest BCUT2D eigenvalue weighted by Crippen LogP contribution is 2.33. The minimum Gasteiger partial charge on any atom is -0.497 e. The summed E-state index contributed by atoms with van der Waals surface area (Å²) in [5, 5.41) is 4.77. The fraction of sp³-hybridized carbons (Fsp3) is 0.269. The molecule has 0 atom stereocenters. The van der Waals surface area contributed by atoms with Gasteiger partial charge in [0.25, 0.3) is 11.6 Å². The van der Waals surface area contributed by atoms with Gasteiger partial charge in [0, 0.05) is 18.2 Å². The van der Waals surface area contributed by atoms with Gasteiger partial charge >= 0.3 is 0 Å². The minimum atomic E-state index is -0.0182. The standard InChI is InChI=1S/C26H25N3O3/c1-16-4-8-19(9-5-16)23-14-22(24-17(2)28-32-25(24)27-23)26(30)29(20-10-11-20)15-18-6-12-21(31-3)13-7-18/h4-9,12-14,20H,10-11,15H2,1-3H3. The van der Waals surface area contributed by atoms with Crippen LogP contribution in [-0.4, -0.2) is 34.1 Å². The van der Waals surface area contributed by atoms with Crippen molar-refractivity contribution in [1.29, 1.82) is 0 Å². The fourth-order valence-electron chi connectivity index (χ4n) is 3.97. The quantitative estimate of drug-likeness (QED) is 0.417. The molecule has 0 unspecified atom stereocenters. The van der Waals surface area contributed by atoms with Gasteiger partial charge in [-0.05, 0) is 50.5 Å². The molecule has 1 amide bonds. The molecular weight excluding hydrogens is 402 g/mol. The van der Waals surface area contributed by atoms with Gasteiger partial charge < -0.3 is 14.2 Å². The van der Waals surface area contributed by atoms with E-state index in [0.717, 1.165) is 29.7 Å². The van der Waals surface area contributed by atoms with E-state index >= 15 is 0 Å². The Morgan fingerprint density at radius 3 is 2.47 bits per heavy atom. The zero-order valence-corrected chi connectivity index (χ0v) is 18.5. The van der Waals surface area contributed by atoms with Crippen molar-refractivity contribution < 1.29 is 14.1 Å². The van der Waals surface area contributed by atoms with Crippen molar-refractivity contribution in [3.8, 4) is 17.0 Å². The largest absolute Gasteiger partial charge is 0.497 e. The zero-order chi connectivity index (χ0) is 22.2. The summed E-state index contributed by atoms with van der Waals surface area (Å²) in [6.07, 6.45) is 2.03. The second-order valence-corrected chi connectivity index (χ2v) is 8.38. The maximum atomic E-state index is 13.9. The third-order valence-electron chi connectivity index (χ3n) is 5.96. The van der Waals surface area contributed by atoms with E-state index in [-0.39, 0.29) is 11.9 Å². The van der Waals surface area contributed by atoms with Crippen LogP contribution in [0.15, 0.2) is 59.1 Å². The van der Waals surface area contributed by atoms with Gasteiger partial charge in [-0.1, -0.05) is 47.1 Å². The van der Waals surface area contributed by atoms with Crippen molar-refractivity contribution in [1.82, 2.24) is 15.0 Å². The number of carbonyl (C=O) groups excluding carboxylic acids is 1. The highest BCUT2D eigenvalue weighted by Gasteiger charge is 2.34. The Hall–Kier alpha value is -3.67. The second kappa shape index (κ2) is 8.11. The third-order valence-corrected chi connectivity index (χ3v) is 5.96. The molecule has 1 fully saturated rings. The number of ether oxygens (including phenoxy) is 1. The molecule has 1 saturated carbocycles. The smallest absolute Gasteiger partial charge is 0.259 e. The maximum absolute atomic E-state index is 13.9. The third kappa shape index (κ3) is 3.84. The van der Waals surface area contributed by atoms with Crippen LogP contribution in [0.25, 0.3) is 22.4 Å². The van der Waals surface area contributed by atoms with Gasteiger partial charge in [0.2, 0.25) is 0 Å². The van der Waals surface area contributed by atoms with Crippen LogP contribution in [0.4, 0.5) is 0 Å². The molecule has 0 radical (unpaired) electrons. The molecule has 2 aromatic heterocycles. The monoisotopic (exact) mass is 427 g/mol. The predicted molar refractivity (Wildman–Crippen MR) is 123 cm³/mol. The number of rotatable bonds is 6. The molecule has 1 aliphatic carbocycles. The molecule has 162 valence electrons. The number of hydrogen-bond acceptors (Lipinski definition) is 5. The first-order valence-electron chi connectivity index (χ1n) is 10.8. The molecule has 0 N–H and O–H groups in total. The lowest BCUT2D eigenvalue weighted by atomic mass is 10.0. The zero-order valence-electron chi connectivity index (χ0n) is 18.5. The summed E-state index contributed by atoms with van der Waals surface area (Å²) < 4.78 is 10.7. The lowest BCUT2D eigenvalue weighted by Crippen LogP contribution is -2.32. The van der Waals surface area contributed by atoms with E-state index in [9.17, 15) is 4.79 Å². The first-order chi connectivity index (χ1) is 15.5. The molecule has 0 bridgehead atoms. The van der Waals surface area contributed by atoms with E-state index in [4.69, 9.17) is 9.26 Å². The molecule has 5 rings (SSSR count). The summed E-state index contributed by atoms with van der Waals surface area (Å²) in [5.41, 5.74) is 5.53. The summed E-state index contributed by atoms with van der Waals surface area (Å²) in [5.74, 6) is 0.784. The van der Waals surface area contributed by atoms with Crippen LogP contribution in [-0.2, 0) is 6.54 Å². The number of benzene rings is 2. The average molecular weight is 428 g/mol. The van der Waals surface area contributed by atoms with Gasteiger partial charge in [-0.15, -0.1) is 0 Å². The van der Waals surface area contributed by atoms with Crippen LogP contribution in [0.2, 0.25) is 0 Å². The predicted octanol–water partition coefficient (Wildman–Crippen LogP) is 5.32. The number of aromatic nitrogens is 2. The van der Waals surface area contributed by atoms with Crippen LogP contribution in [0.1, 0.15) is 40.0 Å². The van der Waals surface area contributed by atoms with Crippen molar-refractivity contribution >= 4 is 17.0 Å². The molecule has 0 spiro atoms. The number of aryl methyl sites for hydroxylation is 2. The van der Waals surface area contributed by atoms with Crippen molar-refractivity contribution in [2.45, 2.75) is 39.3 Å². The van der Waals surface area contributed by atoms with Gasteiger partial charge in [0.1, 0.15) is 5.75 Å². The molecule has 2 aromatic carbocycles. The molecular formula is C26H25N3O3. The Morgan fingerprint density at radius 1 is 1.09 bits per heavy atom. The highest BCUT2D eigenvalue weighted by atomic mass is 16.5. The summed E-state index contributed by atoms with van der Waals surface area (Å²) in [6, 6.07) is 18.1. The molecule has 4 aromatic rings. The van der Waals surface area contributed by atoms with Crippen molar-refractivity contribution in [2.75, 3.05) is 7.11 Å². The summed E-state index contributed by atoms with van der Waals surface area (Å²) >= 11 is 0.